The Balaban J connectivity index is 2.18. The van der Waals surface area contributed by atoms with Gasteiger partial charge in [-0.3, -0.25) is 4.79 Å². The van der Waals surface area contributed by atoms with Crippen molar-refractivity contribution in [3.63, 3.8) is 0 Å². The molecule has 1 saturated heterocycles. The molecule has 21 heavy (non-hydrogen) atoms. The van der Waals surface area contributed by atoms with E-state index in [-0.39, 0.29) is 11.9 Å². The van der Waals surface area contributed by atoms with Crippen LogP contribution in [0.5, 0.6) is 11.5 Å². The first-order valence-electron chi connectivity index (χ1n) is 7.37. The van der Waals surface area contributed by atoms with Crippen molar-refractivity contribution < 1.29 is 14.3 Å². The third kappa shape index (κ3) is 3.67. The molecule has 1 heterocycles. The number of nitrogens with one attached hydrogen (secondary N) is 1. The molecule has 0 spiro atoms. The summed E-state index contributed by atoms with van der Waals surface area (Å²) in [5.74, 6) is 1.24. The molecule has 1 N–H and O–H groups in total. The number of ether oxygens (including phenoxy) is 2. The Morgan fingerprint density at radius 1 is 1.24 bits per heavy atom. The zero-order valence-electron chi connectivity index (χ0n) is 13.0. The SMILES string of the molecule is COc1ccc(C(=O)N(C)C2CCCNCC2)c(OC)c1. The highest BCUT2D eigenvalue weighted by molar-refractivity contribution is 5.97. The molecule has 116 valence electrons. The third-order valence-corrected chi connectivity index (χ3v) is 4.05. The molecular weight excluding hydrogens is 268 g/mol. The smallest absolute Gasteiger partial charge is 0.257 e. The van der Waals surface area contributed by atoms with Gasteiger partial charge in [-0.1, -0.05) is 0 Å². The summed E-state index contributed by atoms with van der Waals surface area (Å²) in [5, 5.41) is 3.37. The first-order chi connectivity index (χ1) is 10.2. The van der Waals surface area contributed by atoms with E-state index in [1.54, 1.807) is 32.4 Å². The summed E-state index contributed by atoms with van der Waals surface area (Å²) in [4.78, 5) is 14.6. The zero-order valence-corrected chi connectivity index (χ0v) is 13.0. The second-order valence-electron chi connectivity index (χ2n) is 5.32. The van der Waals surface area contributed by atoms with E-state index in [1.165, 1.54) is 0 Å². The molecule has 1 aliphatic rings. The lowest BCUT2D eigenvalue weighted by molar-refractivity contribution is 0.0717. The van der Waals surface area contributed by atoms with E-state index in [0.29, 0.717) is 17.1 Å². The fraction of sp³-hybridized carbons (Fsp3) is 0.562. The number of hydrogen-bond donors (Lipinski definition) is 1. The van der Waals surface area contributed by atoms with E-state index in [1.807, 2.05) is 11.9 Å². The van der Waals surface area contributed by atoms with Crippen molar-refractivity contribution >= 4 is 5.91 Å². The largest absolute Gasteiger partial charge is 0.497 e. The summed E-state index contributed by atoms with van der Waals surface area (Å²) in [6, 6.07) is 5.58. The van der Waals surface area contributed by atoms with Gasteiger partial charge in [-0.05, 0) is 44.5 Å². The average molecular weight is 292 g/mol. The number of benzene rings is 1. The van der Waals surface area contributed by atoms with Gasteiger partial charge in [-0.2, -0.15) is 0 Å². The summed E-state index contributed by atoms with van der Waals surface area (Å²) in [7, 11) is 5.05. The van der Waals surface area contributed by atoms with Crippen LogP contribution in [0.1, 0.15) is 29.6 Å². The molecule has 1 aromatic rings. The maximum Gasteiger partial charge on any atom is 0.257 e. The van der Waals surface area contributed by atoms with Gasteiger partial charge in [-0.25, -0.2) is 0 Å². The van der Waals surface area contributed by atoms with Crippen LogP contribution in [-0.2, 0) is 0 Å². The highest BCUT2D eigenvalue weighted by Gasteiger charge is 2.24. The number of carbonyl (C=O) groups is 1. The van der Waals surface area contributed by atoms with Gasteiger partial charge >= 0.3 is 0 Å². The fourth-order valence-corrected chi connectivity index (χ4v) is 2.72. The summed E-state index contributed by atoms with van der Waals surface area (Å²) in [5.41, 5.74) is 0.581. The Morgan fingerprint density at radius 2 is 2.05 bits per heavy atom. The van der Waals surface area contributed by atoms with E-state index >= 15 is 0 Å². The molecule has 0 saturated carbocycles. The standard InChI is InChI=1S/C16H24N2O3/c1-18(12-5-4-9-17-10-8-12)16(19)14-7-6-13(20-2)11-15(14)21-3/h6-7,11-12,17H,4-5,8-10H2,1-3H3. The lowest BCUT2D eigenvalue weighted by Gasteiger charge is -2.27. The second-order valence-corrected chi connectivity index (χ2v) is 5.32. The van der Waals surface area contributed by atoms with Crippen molar-refractivity contribution in [2.45, 2.75) is 25.3 Å². The Labute approximate surface area is 126 Å². The quantitative estimate of drug-likeness (QED) is 0.921. The van der Waals surface area contributed by atoms with Gasteiger partial charge in [0.1, 0.15) is 11.5 Å². The van der Waals surface area contributed by atoms with Gasteiger partial charge in [0, 0.05) is 19.2 Å². The van der Waals surface area contributed by atoms with Gasteiger partial charge in [0.25, 0.3) is 5.91 Å². The number of amides is 1. The van der Waals surface area contributed by atoms with Gasteiger partial charge in [0.15, 0.2) is 0 Å². The van der Waals surface area contributed by atoms with Gasteiger partial charge in [0.05, 0.1) is 19.8 Å². The van der Waals surface area contributed by atoms with E-state index in [9.17, 15) is 4.79 Å². The minimum atomic E-state index is 0.00130. The molecule has 1 atom stereocenters. The van der Waals surface area contributed by atoms with E-state index in [0.717, 1.165) is 32.4 Å². The molecular formula is C16H24N2O3. The molecule has 0 aromatic heterocycles. The number of rotatable bonds is 4. The summed E-state index contributed by atoms with van der Waals surface area (Å²) >= 11 is 0. The molecule has 1 fully saturated rings. The Kier molecular flexibility index (Phi) is 5.44. The van der Waals surface area contributed by atoms with Crippen LogP contribution in [0.4, 0.5) is 0 Å². The lowest BCUT2D eigenvalue weighted by Crippen LogP contribution is -2.37. The molecule has 5 nitrogen and oxygen atoms in total. The minimum absolute atomic E-state index is 0.00130. The fourth-order valence-electron chi connectivity index (χ4n) is 2.72. The molecule has 5 heteroatoms. The number of hydrogen-bond acceptors (Lipinski definition) is 4. The zero-order chi connectivity index (χ0) is 15.2. The van der Waals surface area contributed by atoms with Gasteiger partial charge in [0.2, 0.25) is 0 Å². The molecule has 1 amide bonds. The lowest BCUT2D eigenvalue weighted by atomic mass is 10.1. The predicted octanol–water partition coefficient (Wildman–Crippen LogP) is 1.92. The molecule has 1 aliphatic heterocycles. The van der Waals surface area contributed by atoms with Gasteiger partial charge < -0.3 is 19.7 Å². The summed E-state index contributed by atoms with van der Waals surface area (Å²) in [6.45, 7) is 1.99. The minimum Gasteiger partial charge on any atom is -0.497 e. The topological polar surface area (TPSA) is 50.8 Å². The average Bonchev–Trinajstić information content (AvgIpc) is 2.82. The van der Waals surface area contributed by atoms with E-state index in [2.05, 4.69) is 5.32 Å². The molecule has 2 rings (SSSR count). The molecule has 1 aromatic carbocycles. The van der Waals surface area contributed by atoms with E-state index < -0.39 is 0 Å². The van der Waals surface area contributed by atoms with Crippen molar-refractivity contribution in [2.75, 3.05) is 34.4 Å². The predicted molar refractivity (Wildman–Crippen MR) is 82.1 cm³/mol. The highest BCUT2D eigenvalue weighted by Crippen LogP contribution is 2.26. The van der Waals surface area contributed by atoms with Crippen molar-refractivity contribution in [1.82, 2.24) is 10.2 Å². The van der Waals surface area contributed by atoms with Crippen molar-refractivity contribution in [1.29, 1.82) is 0 Å². The summed E-state index contributed by atoms with van der Waals surface area (Å²) in [6.07, 6.45) is 3.12. The monoisotopic (exact) mass is 292 g/mol. The van der Waals surface area contributed by atoms with Crippen LogP contribution in [-0.4, -0.2) is 51.2 Å². The molecule has 0 aliphatic carbocycles. The molecule has 1 unspecified atom stereocenters. The number of nitrogens with zero attached hydrogens (tertiary/aromatic N) is 1. The maximum atomic E-state index is 12.7. The number of carbonyl (C=O) groups excluding carboxylic acids is 1. The highest BCUT2D eigenvalue weighted by atomic mass is 16.5. The van der Waals surface area contributed by atoms with Crippen molar-refractivity contribution in [3.8, 4) is 11.5 Å². The van der Waals surface area contributed by atoms with Crippen LogP contribution in [0.25, 0.3) is 0 Å². The summed E-state index contributed by atoms with van der Waals surface area (Å²) < 4.78 is 10.5. The Morgan fingerprint density at radius 3 is 2.76 bits per heavy atom. The van der Waals surface area contributed by atoms with Crippen LogP contribution in [0.2, 0.25) is 0 Å². The third-order valence-electron chi connectivity index (χ3n) is 4.05. The first-order valence-corrected chi connectivity index (χ1v) is 7.37. The van der Waals surface area contributed by atoms with Gasteiger partial charge in [-0.15, -0.1) is 0 Å². The molecule has 0 bridgehead atoms. The van der Waals surface area contributed by atoms with E-state index in [4.69, 9.17) is 9.47 Å². The van der Waals surface area contributed by atoms with Crippen LogP contribution in [0.15, 0.2) is 18.2 Å². The van der Waals surface area contributed by atoms with Crippen LogP contribution in [0.3, 0.4) is 0 Å². The molecule has 0 radical (unpaired) electrons. The Bertz CT molecular complexity index is 482. The first kappa shape index (κ1) is 15.6. The number of methoxy groups -OCH3 is 2. The second kappa shape index (κ2) is 7.31. The van der Waals surface area contributed by atoms with Crippen molar-refractivity contribution in [3.05, 3.63) is 23.8 Å². The van der Waals surface area contributed by atoms with Crippen molar-refractivity contribution in [2.24, 2.45) is 0 Å². The van der Waals surface area contributed by atoms with Crippen LogP contribution >= 0.6 is 0 Å². The Hall–Kier alpha value is -1.75. The normalized spacial score (nSPS) is 18.7. The van der Waals surface area contributed by atoms with Crippen LogP contribution < -0.4 is 14.8 Å². The van der Waals surface area contributed by atoms with Crippen LogP contribution in [0, 0.1) is 0 Å². The maximum absolute atomic E-state index is 12.7.